The highest BCUT2D eigenvalue weighted by atomic mass is 16.5. The number of para-hydroxylation sites is 1. The summed E-state index contributed by atoms with van der Waals surface area (Å²) in [6.45, 7) is 4.83. The van der Waals surface area contributed by atoms with Crippen LogP contribution < -0.4 is 4.74 Å². The van der Waals surface area contributed by atoms with Crippen LogP contribution in [0.2, 0.25) is 0 Å². The number of hydrogen-bond donors (Lipinski definition) is 0. The van der Waals surface area contributed by atoms with E-state index in [0.29, 0.717) is 6.61 Å². The van der Waals surface area contributed by atoms with Gasteiger partial charge in [0.05, 0.1) is 5.52 Å². The maximum atomic E-state index is 5.92. The number of rotatable bonds is 3. The highest BCUT2D eigenvalue weighted by molar-refractivity contribution is 5.86. The Morgan fingerprint density at radius 2 is 1.85 bits per heavy atom. The Kier molecular flexibility index (Phi) is 3.23. The third kappa shape index (κ3) is 2.29. The van der Waals surface area contributed by atoms with E-state index in [-0.39, 0.29) is 0 Å². The van der Waals surface area contributed by atoms with Gasteiger partial charge in [0.2, 0.25) is 0 Å². The van der Waals surface area contributed by atoms with Gasteiger partial charge in [-0.1, -0.05) is 30.3 Å². The second-order valence-corrected chi connectivity index (χ2v) is 5.34. The van der Waals surface area contributed by atoms with Crippen LogP contribution in [-0.4, -0.2) is 4.57 Å². The van der Waals surface area contributed by atoms with Gasteiger partial charge in [0.25, 0.3) is 0 Å². The average molecular weight is 265 g/mol. The molecule has 0 radical (unpaired) electrons. The van der Waals surface area contributed by atoms with E-state index in [9.17, 15) is 0 Å². The molecule has 3 aromatic rings. The number of nitrogens with zero attached hydrogens (tertiary/aromatic N) is 1. The summed E-state index contributed by atoms with van der Waals surface area (Å²) in [6.07, 6.45) is 2.16. The van der Waals surface area contributed by atoms with Gasteiger partial charge in [-0.25, -0.2) is 0 Å². The Labute approximate surface area is 119 Å². The Hall–Kier alpha value is -2.22. The molecule has 1 heterocycles. The first-order valence-corrected chi connectivity index (χ1v) is 6.88. The van der Waals surface area contributed by atoms with Crippen molar-refractivity contribution in [3.8, 4) is 5.75 Å². The molecule has 0 bridgehead atoms. The normalized spacial score (nSPS) is 10.9. The number of aryl methyl sites for hydroxylation is 3. The first kappa shape index (κ1) is 12.8. The van der Waals surface area contributed by atoms with Crippen molar-refractivity contribution in [3.05, 3.63) is 65.4 Å². The summed E-state index contributed by atoms with van der Waals surface area (Å²) in [7, 11) is 2.09. The lowest BCUT2D eigenvalue weighted by Crippen LogP contribution is -1.94. The molecule has 2 aromatic carbocycles. The minimum absolute atomic E-state index is 0.601. The summed E-state index contributed by atoms with van der Waals surface area (Å²) >= 11 is 0. The second-order valence-electron chi connectivity index (χ2n) is 5.34. The molecule has 2 nitrogen and oxygen atoms in total. The molecule has 20 heavy (non-hydrogen) atoms. The zero-order valence-corrected chi connectivity index (χ0v) is 12.2. The summed E-state index contributed by atoms with van der Waals surface area (Å²) in [4.78, 5) is 0. The predicted octanol–water partition coefficient (Wildman–Crippen LogP) is 4.37. The van der Waals surface area contributed by atoms with Gasteiger partial charge in [0.1, 0.15) is 12.4 Å². The molecule has 0 N–H and O–H groups in total. The molecule has 0 atom stereocenters. The zero-order valence-electron chi connectivity index (χ0n) is 12.2. The molecule has 0 aliphatic heterocycles. The van der Waals surface area contributed by atoms with Crippen LogP contribution in [0.3, 0.4) is 0 Å². The Balaban J connectivity index is 1.90. The maximum Gasteiger partial charge on any atom is 0.120 e. The molecule has 3 rings (SSSR count). The molecule has 0 fully saturated rings. The SMILES string of the molecule is Cc1cccc(OCc2cn(C)c3c(C)cccc23)c1. The fraction of sp³-hybridized carbons (Fsp3) is 0.222. The van der Waals surface area contributed by atoms with Gasteiger partial charge in [-0.3, -0.25) is 0 Å². The molecular weight excluding hydrogens is 246 g/mol. The van der Waals surface area contributed by atoms with E-state index in [0.717, 1.165) is 5.75 Å². The molecule has 0 saturated carbocycles. The number of ether oxygens (including phenoxy) is 1. The van der Waals surface area contributed by atoms with E-state index in [1.165, 1.54) is 27.6 Å². The van der Waals surface area contributed by atoms with Crippen molar-refractivity contribution >= 4 is 10.9 Å². The first-order chi connectivity index (χ1) is 9.65. The molecule has 0 saturated heterocycles. The monoisotopic (exact) mass is 265 g/mol. The van der Waals surface area contributed by atoms with Crippen LogP contribution in [0.1, 0.15) is 16.7 Å². The molecule has 102 valence electrons. The first-order valence-electron chi connectivity index (χ1n) is 6.88. The van der Waals surface area contributed by atoms with Crippen molar-refractivity contribution in [2.75, 3.05) is 0 Å². The van der Waals surface area contributed by atoms with Crippen molar-refractivity contribution in [1.82, 2.24) is 4.57 Å². The molecule has 0 unspecified atom stereocenters. The summed E-state index contributed by atoms with van der Waals surface area (Å²) in [5, 5.41) is 1.28. The lowest BCUT2D eigenvalue weighted by molar-refractivity contribution is 0.307. The van der Waals surface area contributed by atoms with Crippen molar-refractivity contribution < 1.29 is 4.74 Å². The van der Waals surface area contributed by atoms with E-state index in [1.54, 1.807) is 0 Å². The lowest BCUT2D eigenvalue weighted by atomic mass is 10.1. The predicted molar refractivity (Wildman–Crippen MR) is 83.2 cm³/mol. The summed E-state index contributed by atoms with van der Waals surface area (Å²) in [5.74, 6) is 0.926. The molecule has 0 amide bonds. The topological polar surface area (TPSA) is 14.2 Å². The Morgan fingerprint density at radius 3 is 2.65 bits per heavy atom. The van der Waals surface area contributed by atoms with Gasteiger partial charge < -0.3 is 9.30 Å². The van der Waals surface area contributed by atoms with E-state index in [2.05, 4.69) is 62.0 Å². The van der Waals surface area contributed by atoms with Gasteiger partial charge in [0.15, 0.2) is 0 Å². The van der Waals surface area contributed by atoms with Crippen molar-refractivity contribution in [2.45, 2.75) is 20.5 Å². The molecule has 0 aliphatic rings. The quantitative estimate of drug-likeness (QED) is 0.685. The smallest absolute Gasteiger partial charge is 0.120 e. The van der Waals surface area contributed by atoms with E-state index >= 15 is 0 Å². The number of hydrogen-bond acceptors (Lipinski definition) is 1. The standard InChI is InChI=1S/C18H19NO/c1-13-6-4-8-16(10-13)20-12-15-11-19(3)18-14(2)7-5-9-17(15)18/h4-11H,12H2,1-3H3. The largest absolute Gasteiger partial charge is 0.489 e. The summed E-state index contributed by atoms with van der Waals surface area (Å²) < 4.78 is 8.10. The van der Waals surface area contributed by atoms with Crippen LogP contribution >= 0.6 is 0 Å². The van der Waals surface area contributed by atoms with Gasteiger partial charge >= 0.3 is 0 Å². The maximum absolute atomic E-state index is 5.92. The third-order valence-electron chi connectivity index (χ3n) is 3.67. The van der Waals surface area contributed by atoms with Crippen molar-refractivity contribution in [3.63, 3.8) is 0 Å². The van der Waals surface area contributed by atoms with Crippen LogP contribution in [0, 0.1) is 13.8 Å². The lowest BCUT2D eigenvalue weighted by Gasteiger charge is -2.06. The molecule has 0 aliphatic carbocycles. The van der Waals surface area contributed by atoms with Gasteiger partial charge in [-0.15, -0.1) is 0 Å². The van der Waals surface area contributed by atoms with E-state index < -0.39 is 0 Å². The van der Waals surface area contributed by atoms with Crippen molar-refractivity contribution in [2.24, 2.45) is 7.05 Å². The van der Waals surface area contributed by atoms with Gasteiger partial charge in [-0.05, 0) is 37.1 Å². The molecule has 1 aromatic heterocycles. The van der Waals surface area contributed by atoms with Crippen LogP contribution in [0.5, 0.6) is 5.75 Å². The van der Waals surface area contributed by atoms with Crippen molar-refractivity contribution in [1.29, 1.82) is 0 Å². The highest BCUT2D eigenvalue weighted by Crippen LogP contribution is 2.25. The Morgan fingerprint density at radius 1 is 1.05 bits per heavy atom. The summed E-state index contributed by atoms with van der Waals surface area (Å²) in [6, 6.07) is 14.6. The minimum Gasteiger partial charge on any atom is -0.489 e. The summed E-state index contributed by atoms with van der Waals surface area (Å²) in [5.41, 5.74) is 5.03. The number of benzene rings is 2. The Bertz CT molecular complexity index is 755. The second kappa shape index (κ2) is 5.04. The fourth-order valence-electron chi connectivity index (χ4n) is 2.74. The average Bonchev–Trinajstić information content (AvgIpc) is 2.75. The number of fused-ring (bicyclic) bond motifs is 1. The zero-order chi connectivity index (χ0) is 14.1. The fourth-order valence-corrected chi connectivity index (χ4v) is 2.74. The minimum atomic E-state index is 0.601. The highest BCUT2D eigenvalue weighted by Gasteiger charge is 2.08. The van der Waals surface area contributed by atoms with Crippen LogP contribution in [0.4, 0.5) is 0 Å². The van der Waals surface area contributed by atoms with Crippen LogP contribution in [0.25, 0.3) is 10.9 Å². The van der Waals surface area contributed by atoms with Gasteiger partial charge in [-0.2, -0.15) is 0 Å². The molecular formula is C18H19NO. The van der Waals surface area contributed by atoms with E-state index in [1.807, 2.05) is 12.1 Å². The molecule has 2 heteroatoms. The van der Waals surface area contributed by atoms with Crippen LogP contribution in [-0.2, 0) is 13.7 Å². The molecule has 0 spiro atoms. The third-order valence-corrected chi connectivity index (χ3v) is 3.67. The van der Waals surface area contributed by atoms with Gasteiger partial charge in [0, 0.05) is 24.2 Å². The van der Waals surface area contributed by atoms with E-state index in [4.69, 9.17) is 4.74 Å². The van der Waals surface area contributed by atoms with Crippen LogP contribution in [0.15, 0.2) is 48.7 Å². The number of aromatic nitrogens is 1.